The summed E-state index contributed by atoms with van der Waals surface area (Å²) >= 11 is 6.33. The maximum absolute atomic E-state index is 12.2. The Labute approximate surface area is 201 Å². The van der Waals surface area contributed by atoms with Crippen LogP contribution < -0.4 is 16.2 Å². The quantitative estimate of drug-likeness (QED) is 0.258. The van der Waals surface area contributed by atoms with E-state index in [4.69, 9.17) is 21.8 Å². The van der Waals surface area contributed by atoms with E-state index in [1.54, 1.807) is 35.0 Å². The second-order valence-electron chi connectivity index (χ2n) is 7.39. The molecule has 0 saturated carbocycles. The van der Waals surface area contributed by atoms with Crippen LogP contribution in [0.15, 0.2) is 53.7 Å². The second kappa shape index (κ2) is 9.65. The fraction of sp³-hybridized carbons (Fsp3) is 0.0909. The number of benzene rings is 2. The van der Waals surface area contributed by atoms with Gasteiger partial charge in [0.1, 0.15) is 0 Å². The van der Waals surface area contributed by atoms with Crippen LogP contribution >= 0.6 is 11.6 Å². The van der Waals surface area contributed by atoms with Crippen LogP contribution in [0.1, 0.15) is 21.7 Å². The summed E-state index contributed by atoms with van der Waals surface area (Å²) in [6.07, 6.45) is 2.98. The lowest BCUT2D eigenvalue weighted by molar-refractivity contribution is -0.136. The van der Waals surface area contributed by atoms with Crippen molar-refractivity contribution in [2.75, 3.05) is 5.32 Å². The number of H-pyrrole nitrogens is 1. The number of carboxylic acid groups (broad SMARTS) is 2. The van der Waals surface area contributed by atoms with Crippen molar-refractivity contribution in [3.63, 3.8) is 0 Å². The van der Waals surface area contributed by atoms with Gasteiger partial charge in [-0.25, -0.2) is 19.6 Å². The monoisotopic (exact) mass is 496 g/mol. The lowest BCUT2D eigenvalue weighted by Crippen LogP contribution is -2.28. The van der Waals surface area contributed by atoms with Gasteiger partial charge in [0.05, 0.1) is 46.7 Å². The van der Waals surface area contributed by atoms with Crippen molar-refractivity contribution >= 4 is 46.3 Å². The molecule has 0 fully saturated rings. The fourth-order valence-electron chi connectivity index (χ4n) is 3.25. The molecule has 0 unspecified atom stereocenters. The minimum Gasteiger partial charge on any atom is -0.481 e. The number of imidazole rings is 1. The molecule has 2 aromatic carbocycles. The molecule has 0 atom stereocenters. The summed E-state index contributed by atoms with van der Waals surface area (Å²) in [5, 5.41) is 23.5. The minimum absolute atomic E-state index is 0.0931. The number of aromatic amines is 1. The number of aliphatic carboxylic acids is 1. The number of urea groups is 1. The SMILES string of the molecule is O=C(O)Cc1ccc(NC(=O)NCc2cn(-c3cc4nc(C(=O)O)c(=O)[nH]c4cc3Cl)cn2)cc1. The predicted octanol–water partition coefficient (Wildman–Crippen LogP) is 2.41. The summed E-state index contributed by atoms with van der Waals surface area (Å²) in [6, 6.07) is 8.92. The highest BCUT2D eigenvalue weighted by Crippen LogP contribution is 2.25. The number of aromatic nitrogens is 4. The lowest BCUT2D eigenvalue weighted by Gasteiger charge is -2.08. The van der Waals surface area contributed by atoms with E-state index in [0.29, 0.717) is 22.6 Å². The third-order valence-corrected chi connectivity index (χ3v) is 5.18. The summed E-state index contributed by atoms with van der Waals surface area (Å²) in [4.78, 5) is 56.5. The minimum atomic E-state index is -1.45. The molecular weight excluding hydrogens is 480 g/mol. The average molecular weight is 497 g/mol. The van der Waals surface area contributed by atoms with Gasteiger partial charge in [-0.05, 0) is 29.8 Å². The molecule has 0 spiro atoms. The van der Waals surface area contributed by atoms with Gasteiger partial charge in [0, 0.05) is 11.9 Å². The van der Waals surface area contributed by atoms with E-state index in [0.717, 1.165) is 0 Å². The van der Waals surface area contributed by atoms with E-state index < -0.39 is 29.2 Å². The van der Waals surface area contributed by atoms with Gasteiger partial charge in [0.15, 0.2) is 0 Å². The summed E-state index contributed by atoms with van der Waals surface area (Å²) in [7, 11) is 0. The van der Waals surface area contributed by atoms with Crippen molar-refractivity contribution in [1.29, 1.82) is 0 Å². The Hall–Kier alpha value is -4.71. The van der Waals surface area contributed by atoms with E-state index in [2.05, 4.69) is 25.6 Å². The number of carbonyl (C=O) groups excluding carboxylic acids is 1. The normalized spacial score (nSPS) is 10.8. The first-order chi connectivity index (χ1) is 16.7. The summed E-state index contributed by atoms with van der Waals surface area (Å²) in [5.41, 5.74) is 1.10. The standard InChI is InChI=1S/C22H17ClN6O6/c23-14-6-15-16(27-19(21(33)34)20(32)28-15)7-17(14)29-9-13(25-10-29)8-24-22(35)26-12-3-1-11(2-4-12)5-18(30)31/h1-4,6-7,9-10H,5,8H2,(H,28,32)(H,30,31)(H,33,34)(H2,24,26,35). The number of nitrogens with one attached hydrogen (secondary N) is 3. The number of carbonyl (C=O) groups is 3. The van der Waals surface area contributed by atoms with E-state index in [1.165, 1.54) is 18.5 Å². The fourth-order valence-corrected chi connectivity index (χ4v) is 3.51. The molecular formula is C22H17ClN6O6. The largest absolute Gasteiger partial charge is 0.481 e. The molecule has 12 nitrogen and oxygen atoms in total. The van der Waals surface area contributed by atoms with Gasteiger partial charge in [-0.1, -0.05) is 23.7 Å². The number of rotatable bonds is 7. The zero-order valence-electron chi connectivity index (χ0n) is 17.8. The van der Waals surface area contributed by atoms with Crippen molar-refractivity contribution in [1.82, 2.24) is 24.8 Å². The number of hydrogen-bond donors (Lipinski definition) is 5. The highest BCUT2D eigenvalue weighted by molar-refractivity contribution is 6.33. The van der Waals surface area contributed by atoms with Gasteiger partial charge in [-0.2, -0.15) is 0 Å². The van der Waals surface area contributed by atoms with Crippen LogP contribution in [0, 0.1) is 0 Å². The number of amides is 2. The van der Waals surface area contributed by atoms with Crippen molar-refractivity contribution in [2.45, 2.75) is 13.0 Å². The zero-order chi connectivity index (χ0) is 25.1. The van der Waals surface area contributed by atoms with Crippen molar-refractivity contribution in [2.24, 2.45) is 0 Å². The number of hydrogen-bond acceptors (Lipinski definition) is 6. The molecule has 4 rings (SSSR count). The van der Waals surface area contributed by atoms with Gasteiger partial charge < -0.3 is 30.4 Å². The van der Waals surface area contributed by atoms with Gasteiger partial charge in [0.2, 0.25) is 5.69 Å². The average Bonchev–Trinajstić information content (AvgIpc) is 3.26. The van der Waals surface area contributed by atoms with Gasteiger partial charge in [0.25, 0.3) is 5.56 Å². The van der Waals surface area contributed by atoms with E-state index in [-0.39, 0.29) is 29.0 Å². The van der Waals surface area contributed by atoms with Crippen LogP contribution in [0.4, 0.5) is 10.5 Å². The van der Waals surface area contributed by atoms with E-state index in [1.807, 2.05) is 0 Å². The lowest BCUT2D eigenvalue weighted by atomic mass is 10.1. The number of nitrogens with zero attached hydrogens (tertiary/aromatic N) is 3. The molecule has 0 aliphatic rings. The molecule has 0 aliphatic heterocycles. The van der Waals surface area contributed by atoms with Crippen LogP contribution in [-0.2, 0) is 17.8 Å². The highest BCUT2D eigenvalue weighted by Gasteiger charge is 2.15. The first kappa shape index (κ1) is 23.4. The van der Waals surface area contributed by atoms with E-state index >= 15 is 0 Å². The molecule has 2 amide bonds. The van der Waals surface area contributed by atoms with Crippen molar-refractivity contribution in [3.05, 3.63) is 81.3 Å². The molecule has 2 heterocycles. The van der Waals surface area contributed by atoms with Crippen LogP contribution in [0.25, 0.3) is 16.7 Å². The Morgan fingerprint density at radius 2 is 1.86 bits per heavy atom. The van der Waals surface area contributed by atoms with Crippen LogP contribution in [0.3, 0.4) is 0 Å². The van der Waals surface area contributed by atoms with Gasteiger partial charge in [-0.3, -0.25) is 9.59 Å². The molecule has 0 radical (unpaired) electrons. The molecule has 0 aliphatic carbocycles. The van der Waals surface area contributed by atoms with Crippen LogP contribution in [-0.4, -0.2) is 47.7 Å². The predicted molar refractivity (Wildman–Crippen MR) is 125 cm³/mol. The van der Waals surface area contributed by atoms with Crippen molar-refractivity contribution < 1.29 is 24.6 Å². The molecule has 35 heavy (non-hydrogen) atoms. The molecule has 5 N–H and O–H groups in total. The number of anilines is 1. The third kappa shape index (κ3) is 5.45. The van der Waals surface area contributed by atoms with Crippen LogP contribution in [0.2, 0.25) is 5.02 Å². The second-order valence-corrected chi connectivity index (χ2v) is 7.80. The number of carboxylic acids is 2. The Bertz CT molecular complexity index is 1510. The third-order valence-electron chi connectivity index (χ3n) is 4.87. The number of fused-ring (bicyclic) bond motifs is 1. The molecule has 4 aromatic rings. The Kier molecular flexibility index (Phi) is 6.46. The Balaban J connectivity index is 1.44. The molecule has 2 aromatic heterocycles. The maximum atomic E-state index is 12.2. The van der Waals surface area contributed by atoms with Crippen molar-refractivity contribution in [3.8, 4) is 5.69 Å². The maximum Gasteiger partial charge on any atom is 0.360 e. The first-order valence-electron chi connectivity index (χ1n) is 10.1. The van der Waals surface area contributed by atoms with Crippen LogP contribution in [0.5, 0.6) is 0 Å². The number of aromatic carboxylic acids is 1. The smallest absolute Gasteiger partial charge is 0.360 e. The molecule has 13 heteroatoms. The summed E-state index contributed by atoms with van der Waals surface area (Å²) < 4.78 is 1.57. The Morgan fingerprint density at radius 1 is 1.11 bits per heavy atom. The zero-order valence-corrected chi connectivity index (χ0v) is 18.5. The van der Waals surface area contributed by atoms with Gasteiger partial charge in [-0.15, -0.1) is 0 Å². The summed E-state index contributed by atoms with van der Waals surface area (Å²) in [6.45, 7) is 0.0931. The highest BCUT2D eigenvalue weighted by atomic mass is 35.5. The number of halogens is 1. The molecule has 178 valence electrons. The van der Waals surface area contributed by atoms with E-state index in [9.17, 15) is 19.2 Å². The molecule has 0 bridgehead atoms. The topological polar surface area (TPSA) is 179 Å². The van der Waals surface area contributed by atoms with Gasteiger partial charge >= 0.3 is 18.0 Å². The summed E-state index contributed by atoms with van der Waals surface area (Å²) in [5.74, 6) is -2.39. The molecule has 0 saturated heterocycles. The Morgan fingerprint density at radius 3 is 2.54 bits per heavy atom. The first-order valence-corrected chi connectivity index (χ1v) is 10.4.